The molecule has 1 aromatic rings. The highest BCUT2D eigenvalue weighted by Gasteiger charge is 2.24. The molecule has 0 bridgehead atoms. The highest BCUT2D eigenvalue weighted by molar-refractivity contribution is 5.80. The number of rotatable bonds is 8. The second kappa shape index (κ2) is 9.65. The normalized spacial score (nSPS) is 12.0. The van der Waals surface area contributed by atoms with Crippen molar-refractivity contribution in [1.29, 1.82) is 0 Å². The van der Waals surface area contributed by atoms with Gasteiger partial charge < -0.3 is 24.6 Å². The number of carboxylic acids is 1. The van der Waals surface area contributed by atoms with E-state index in [0.717, 1.165) is 0 Å². The number of ether oxygens (including phenoxy) is 3. The quantitative estimate of drug-likeness (QED) is 0.677. The minimum atomic E-state index is -1.17. The number of carbonyl (C=O) groups excluding carboxylic acids is 2. The van der Waals surface area contributed by atoms with Crippen molar-refractivity contribution < 1.29 is 33.7 Å². The number of carboxylic acid groups (broad SMARTS) is 1. The zero-order valence-corrected chi connectivity index (χ0v) is 15.4. The molecule has 2 N–H and O–H groups in total. The topological polar surface area (TPSA) is 111 Å². The maximum absolute atomic E-state index is 11.8. The van der Waals surface area contributed by atoms with Gasteiger partial charge in [-0.1, -0.05) is 12.1 Å². The number of nitrogens with one attached hydrogen (secondary N) is 1. The van der Waals surface area contributed by atoms with Crippen LogP contribution in [0.25, 0.3) is 0 Å². The molecule has 0 radical (unpaired) electrons. The Balaban J connectivity index is 2.62. The Morgan fingerprint density at radius 1 is 1.15 bits per heavy atom. The van der Waals surface area contributed by atoms with Gasteiger partial charge in [-0.05, 0) is 45.4 Å². The Morgan fingerprint density at radius 2 is 1.77 bits per heavy atom. The van der Waals surface area contributed by atoms with Crippen molar-refractivity contribution in [2.75, 3.05) is 13.2 Å². The molecule has 0 unspecified atom stereocenters. The summed E-state index contributed by atoms with van der Waals surface area (Å²) in [6.45, 7) is 6.86. The molecule has 0 aliphatic carbocycles. The number of amides is 1. The van der Waals surface area contributed by atoms with Gasteiger partial charge in [0.05, 0.1) is 6.61 Å². The first-order chi connectivity index (χ1) is 12.1. The molecule has 0 heterocycles. The monoisotopic (exact) mass is 367 g/mol. The molecule has 1 rings (SSSR count). The van der Waals surface area contributed by atoms with Crippen molar-refractivity contribution in [2.45, 2.75) is 45.8 Å². The fourth-order valence-electron chi connectivity index (χ4n) is 1.95. The van der Waals surface area contributed by atoms with Crippen LogP contribution in [0, 0.1) is 0 Å². The molecule has 0 saturated carbocycles. The minimum absolute atomic E-state index is 0.0761. The van der Waals surface area contributed by atoms with Gasteiger partial charge >= 0.3 is 18.0 Å². The zero-order chi connectivity index (χ0) is 19.7. The largest absolute Gasteiger partial charge is 0.482 e. The van der Waals surface area contributed by atoms with Crippen LogP contribution in [-0.2, 0) is 25.5 Å². The zero-order valence-electron chi connectivity index (χ0n) is 15.4. The van der Waals surface area contributed by atoms with Gasteiger partial charge in [0, 0.05) is 6.42 Å². The molecule has 144 valence electrons. The molecule has 0 aromatic heterocycles. The predicted molar refractivity (Wildman–Crippen MR) is 93.1 cm³/mol. The number of alkyl carbamates (subject to hydrolysis) is 1. The predicted octanol–water partition coefficient (Wildman–Crippen LogP) is 2.15. The van der Waals surface area contributed by atoms with Gasteiger partial charge in [0.1, 0.15) is 17.4 Å². The molecule has 0 aliphatic heterocycles. The van der Waals surface area contributed by atoms with E-state index in [4.69, 9.17) is 14.2 Å². The smallest absolute Gasteiger partial charge is 0.408 e. The molecule has 8 nitrogen and oxygen atoms in total. The molecule has 26 heavy (non-hydrogen) atoms. The average Bonchev–Trinajstić information content (AvgIpc) is 2.52. The third-order valence-corrected chi connectivity index (χ3v) is 3.01. The standard InChI is InChI=1S/C18H25NO7/c1-5-24-15(20)11-25-13-8-6-12(7-9-13)10-14(16(21)22)19-17(23)26-18(2,3)4/h6-9,14H,5,10-11H2,1-4H3,(H,19,23)(H,21,22)/t14-/m0/s1. The average molecular weight is 367 g/mol. The summed E-state index contributed by atoms with van der Waals surface area (Å²) >= 11 is 0. The first-order valence-electron chi connectivity index (χ1n) is 8.20. The highest BCUT2D eigenvalue weighted by atomic mass is 16.6. The van der Waals surface area contributed by atoms with E-state index in [2.05, 4.69) is 5.32 Å². The summed E-state index contributed by atoms with van der Waals surface area (Å²) in [6, 6.07) is 5.42. The Morgan fingerprint density at radius 3 is 2.27 bits per heavy atom. The second-order valence-corrected chi connectivity index (χ2v) is 6.48. The van der Waals surface area contributed by atoms with Gasteiger partial charge in [-0.2, -0.15) is 0 Å². The van der Waals surface area contributed by atoms with Crippen molar-refractivity contribution >= 4 is 18.0 Å². The maximum Gasteiger partial charge on any atom is 0.408 e. The lowest BCUT2D eigenvalue weighted by atomic mass is 10.1. The van der Waals surface area contributed by atoms with Crippen LogP contribution in [0.15, 0.2) is 24.3 Å². The van der Waals surface area contributed by atoms with E-state index < -0.39 is 29.7 Å². The molecular formula is C18H25NO7. The summed E-state index contributed by atoms with van der Waals surface area (Å²) in [4.78, 5) is 34.4. The van der Waals surface area contributed by atoms with Crippen LogP contribution in [0.2, 0.25) is 0 Å². The van der Waals surface area contributed by atoms with Crippen LogP contribution < -0.4 is 10.1 Å². The van der Waals surface area contributed by atoms with Gasteiger partial charge in [0.15, 0.2) is 6.61 Å². The van der Waals surface area contributed by atoms with E-state index in [1.807, 2.05) is 0 Å². The van der Waals surface area contributed by atoms with E-state index >= 15 is 0 Å². The lowest BCUT2D eigenvalue weighted by Gasteiger charge is -2.22. The summed E-state index contributed by atoms with van der Waals surface area (Å²) in [7, 11) is 0. The fraction of sp³-hybridized carbons (Fsp3) is 0.500. The van der Waals surface area contributed by atoms with E-state index in [1.54, 1.807) is 52.0 Å². The van der Waals surface area contributed by atoms with Crippen LogP contribution in [0.1, 0.15) is 33.3 Å². The van der Waals surface area contributed by atoms with Crippen molar-refractivity contribution in [3.8, 4) is 5.75 Å². The lowest BCUT2D eigenvalue weighted by molar-refractivity contribution is -0.145. The van der Waals surface area contributed by atoms with Gasteiger partial charge in [0.2, 0.25) is 0 Å². The minimum Gasteiger partial charge on any atom is -0.482 e. The van der Waals surface area contributed by atoms with Crippen molar-refractivity contribution in [1.82, 2.24) is 5.32 Å². The van der Waals surface area contributed by atoms with E-state index in [-0.39, 0.29) is 19.6 Å². The lowest BCUT2D eigenvalue weighted by Crippen LogP contribution is -2.44. The first-order valence-corrected chi connectivity index (χ1v) is 8.20. The van der Waals surface area contributed by atoms with Crippen molar-refractivity contribution in [3.63, 3.8) is 0 Å². The Labute approximate surface area is 152 Å². The first kappa shape index (κ1) is 21.3. The Bertz CT molecular complexity index is 619. The van der Waals surface area contributed by atoms with E-state index in [1.165, 1.54) is 0 Å². The molecule has 0 fully saturated rings. The van der Waals surface area contributed by atoms with Gasteiger partial charge in [0.25, 0.3) is 0 Å². The van der Waals surface area contributed by atoms with Gasteiger partial charge in [-0.15, -0.1) is 0 Å². The summed E-state index contributed by atoms with van der Waals surface area (Å²) in [5.41, 5.74) is -0.0395. The number of hydrogen-bond acceptors (Lipinski definition) is 6. The summed E-state index contributed by atoms with van der Waals surface area (Å²) in [5.74, 6) is -1.18. The highest BCUT2D eigenvalue weighted by Crippen LogP contribution is 2.14. The summed E-state index contributed by atoms with van der Waals surface area (Å²) < 4.78 is 15.1. The number of esters is 1. The third-order valence-electron chi connectivity index (χ3n) is 3.01. The van der Waals surface area contributed by atoms with Gasteiger partial charge in [-0.3, -0.25) is 0 Å². The maximum atomic E-state index is 11.8. The molecule has 0 saturated heterocycles. The summed E-state index contributed by atoms with van der Waals surface area (Å²) in [5, 5.41) is 11.6. The number of carbonyl (C=O) groups is 3. The molecule has 0 spiro atoms. The number of hydrogen-bond donors (Lipinski definition) is 2. The van der Waals surface area contributed by atoms with Crippen LogP contribution in [0.5, 0.6) is 5.75 Å². The number of benzene rings is 1. The van der Waals surface area contributed by atoms with E-state index in [9.17, 15) is 19.5 Å². The summed E-state index contributed by atoms with van der Waals surface area (Å²) in [6.07, 6.45) is -0.716. The molecular weight excluding hydrogens is 342 g/mol. The molecule has 1 amide bonds. The van der Waals surface area contributed by atoms with Gasteiger partial charge in [-0.25, -0.2) is 14.4 Å². The van der Waals surface area contributed by atoms with E-state index in [0.29, 0.717) is 11.3 Å². The second-order valence-electron chi connectivity index (χ2n) is 6.48. The van der Waals surface area contributed by atoms with Crippen LogP contribution in [0.3, 0.4) is 0 Å². The number of aliphatic carboxylic acids is 1. The molecule has 0 aliphatic rings. The SMILES string of the molecule is CCOC(=O)COc1ccc(C[C@H](NC(=O)OC(C)(C)C)C(=O)O)cc1. The fourth-order valence-corrected chi connectivity index (χ4v) is 1.95. The van der Waals surface area contributed by atoms with Crippen LogP contribution in [0.4, 0.5) is 4.79 Å². The van der Waals surface area contributed by atoms with Crippen molar-refractivity contribution in [3.05, 3.63) is 29.8 Å². The molecule has 1 aromatic carbocycles. The third kappa shape index (κ3) is 8.36. The van der Waals surface area contributed by atoms with Crippen molar-refractivity contribution in [2.24, 2.45) is 0 Å². The van der Waals surface area contributed by atoms with Crippen LogP contribution in [-0.4, -0.2) is 48.0 Å². The van der Waals surface area contributed by atoms with Crippen LogP contribution >= 0.6 is 0 Å². The molecule has 8 heteroatoms. The Hall–Kier alpha value is -2.77. The Kier molecular flexibility index (Phi) is 7.89. The molecule has 1 atom stereocenters.